The van der Waals surface area contributed by atoms with E-state index in [1.54, 1.807) is 37.4 Å². The molecule has 0 fully saturated rings. The molecule has 1 aromatic carbocycles. The van der Waals surface area contributed by atoms with Crippen LogP contribution in [0.25, 0.3) is 0 Å². The van der Waals surface area contributed by atoms with Crippen LogP contribution in [0.3, 0.4) is 0 Å². The third-order valence-corrected chi connectivity index (χ3v) is 3.54. The average molecular weight is 331 g/mol. The van der Waals surface area contributed by atoms with E-state index in [4.69, 9.17) is 34.8 Å². The van der Waals surface area contributed by atoms with E-state index >= 15 is 0 Å². The number of rotatable bonds is 3. The number of aromatic nitrogens is 1. The van der Waals surface area contributed by atoms with E-state index in [0.29, 0.717) is 21.6 Å². The van der Waals surface area contributed by atoms with Crippen LogP contribution in [0.5, 0.6) is 0 Å². The Balaban J connectivity index is 2.25. The van der Waals surface area contributed by atoms with Gasteiger partial charge in [0.2, 0.25) is 0 Å². The Labute approximate surface area is 131 Å². The molecule has 1 heterocycles. The second-order valence-electron chi connectivity index (χ2n) is 3.86. The lowest BCUT2D eigenvalue weighted by atomic mass is 10.3. The first-order valence-corrected chi connectivity index (χ1v) is 6.75. The maximum Gasteiger partial charge on any atom is 0.275 e. The van der Waals surface area contributed by atoms with Crippen molar-refractivity contribution in [3.05, 3.63) is 51.1 Å². The van der Waals surface area contributed by atoms with E-state index in [2.05, 4.69) is 15.6 Å². The van der Waals surface area contributed by atoms with Crippen molar-refractivity contribution >= 4 is 52.2 Å². The maximum absolute atomic E-state index is 12.1. The van der Waals surface area contributed by atoms with E-state index in [0.717, 1.165) is 0 Å². The Kier molecular flexibility index (Phi) is 4.70. The lowest BCUT2D eigenvalue weighted by Crippen LogP contribution is -2.15. The fourth-order valence-corrected chi connectivity index (χ4v) is 1.99. The molecular weight excluding hydrogens is 321 g/mol. The van der Waals surface area contributed by atoms with Gasteiger partial charge in [-0.05, 0) is 30.3 Å². The predicted octanol–water partition coefficient (Wildman–Crippen LogP) is 4.34. The van der Waals surface area contributed by atoms with Crippen LogP contribution in [0.1, 0.15) is 10.5 Å². The van der Waals surface area contributed by atoms with Gasteiger partial charge in [-0.15, -0.1) is 0 Å². The third kappa shape index (κ3) is 3.33. The smallest absolute Gasteiger partial charge is 0.275 e. The number of nitrogens with one attached hydrogen (secondary N) is 2. The molecule has 0 aliphatic heterocycles. The molecule has 1 amide bonds. The van der Waals surface area contributed by atoms with Gasteiger partial charge >= 0.3 is 0 Å². The normalized spacial score (nSPS) is 10.2. The van der Waals surface area contributed by atoms with Crippen molar-refractivity contribution in [1.82, 2.24) is 4.98 Å². The molecule has 0 aliphatic carbocycles. The van der Waals surface area contributed by atoms with Crippen molar-refractivity contribution in [2.75, 3.05) is 17.7 Å². The number of nitrogens with zero attached hydrogens (tertiary/aromatic N) is 1. The summed E-state index contributed by atoms with van der Waals surface area (Å²) in [5.41, 5.74) is 0.640. The fourth-order valence-electron chi connectivity index (χ4n) is 1.50. The summed E-state index contributed by atoms with van der Waals surface area (Å²) < 4.78 is 0. The van der Waals surface area contributed by atoms with Gasteiger partial charge in [-0.25, -0.2) is 4.98 Å². The standard InChI is InChI=1S/C13H10Cl3N3O/c1-17-11-5-4-9(15)12(19-11)13(20)18-7-2-3-8(14)10(16)6-7/h2-6H,1H3,(H,17,19)(H,18,20). The second kappa shape index (κ2) is 6.31. The lowest BCUT2D eigenvalue weighted by molar-refractivity contribution is 0.102. The monoisotopic (exact) mass is 329 g/mol. The third-order valence-electron chi connectivity index (χ3n) is 2.49. The molecule has 20 heavy (non-hydrogen) atoms. The van der Waals surface area contributed by atoms with Crippen LogP contribution in [0.2, 0.25) is 15.1 Å². The summed E-state index contributed by atoms with van der Waals surface area (Å²) in [5, 5.41) is 6.54. The van der Waals surface area contributed by atoms with E-state index in [9.17, 15) is 4.79 Å². The molecule has 0 spiro atoms. The Morgan fingerprint density at radius 3 is 2.40 bits per heavy atom. The summed E-state index contributed by atoms with van der Waals surface area (Å²) >= 11 is 17.7. The SMILES string of the molecule is CNc1ccc(Cl)c(C(=O)Nc2ccc(Cl)c(Cl)c2)n1. The molecule has 0 unspecified atom stereocenters. The Morgan fingerprint density at radius 2 is 1.75 bits per heavy atom. The molecule has 0 aliphatic rings. The zero-order chi connectivity index (χ0) is 14.7. The molecule has 0 saturated heterocycles. The summed E-state index contributed by atoms with van der Waals surface area (Å²) in [6.07, 6.45) is 0. The first-order chi connectivity index (χ1) is 9.51. The van der Waals surface area contributed by atoms with Crippen LogP contribution in [0.15, 0.2) is 30.3 Å². The molecule has 104 valence electrons. The Hall–Kier alpha value is -1.49. The molecule has 0 saturated carbocycles. The number of carbonyl (C=O) groups excluding carboxylic acids is 1. The Bertz CT molecular complexity index is 661. The molecule has 2 rings (SSSR count). The van der Waals surface area contributed by atoms with Crippen molar-refractivity contribution < 1.29 is 4.79 Å². The molecule has 7 heteroatoms. The Morgan fingerprint density at radius 1 is 1.05 bits per heavy atom. The molecular formula is C13H10Cl3N3O. The molecule has 2 N–H and O–H groups in total. The highest BCUT2D eigenvalue weighted by molar-refractivity contribution is 6.42. The topological polar surface area (TPSA) is 54.0 Å². The average Bonchev–Trinajstić information content (AvgIpc) is 2.43. The zero-order valence-corrected chi connectivity index (χ0v) is 12.6. The number of hydrogen-bond acceptors (Lipinski definition) is 3. The van der Waals surface area contributed by atoms with Crippen LogP contribution >= 0.6 is 34.8 Å². The summed E-state index contributed by atoms with van der Waals surface area (Å²) in [5.74, 6) is 0.124. The first-order valence-electron chi connectivity index (χ1n) is 5.62. The van der Waals surface area contributed by atoms with Crippen LogP contribution in [0, 0.1) is 0 Å². The quantitative estimate of drug-likeness (QED) is 0.880. The summed E-state index contributed by atoms with van der Waals surface area (Å²) in [6, 6.07) is 8.07. The van der Waals surface area contributed by atoms with E-state index in [-0.39, 0.29) is 10.7 Å². The van der Waals surface area contributed by atoms with Crippen molar-refractivity contribution in [3.63, 3.8) is 0 Å². The van der Waals surface area contributed by atoms with Crippen molar-refractivity contribution in [3.8, 4) is 0 Å². The van der Waals surface area contributed by atoms with Gasteiger partial charge < -0.3 is 10.6 Å². The number of amides is 1. The zero-order valence-electron chi connectivity index (χ0n) is 10.4. The number of carbonyl (C=O) groups is 1. The summed E-state index contributed by atoms with van der Waals surface area (Å²) in [6.45, 7) is 0. The van der Waals surface area contributed by atoms with Crippen LogP contribution in [-0.4, -0.2) is 17.9 Å². The van der Waals surface area contributed by atoms with Gasteiger partial charge in [0.1, 0.15) is 11.5 Å². The maximum atomic E-state index is 12.1. The summed E-state index contributed by atoms with van der Waals surface area (Å²) in [4.78, 5) is 16.3. The van der Waals surface area contributed by atoms with Gasteiger partial charge in [0.15, 0.2) is 0 Å². The van der Waals surface area contributed by atoms with Crippen molar-refractivity contribution in [1.29, 1.82) is 0 Å². The molecule has 1 aromatic heterocycles. The highest BCUT2D eigenvalue weighted by Gasteiger charge is 2.13. The van der Waals surface area contributed by atoms with Crippen LogP contribution in [-0.2, 0) is 0 Å². The van der Waals surface area contributed by atoms with E-state index in [1.807, 2.05) is 0 Å². The van der Waals surface area contributed by atoms with Crippen LogP contribution < -0.4 is 10.6 Å². The first kappa shape index (κ1) is 14.9. The summed E-state index contributed by atoms with van der Waals surface area (Å²) in [7, 11) is 1.71. The number of anilines is 2. The fraction of sp³-hybridized carbons (Fsp3) is 0.0769. The van der Waals surface area contributed by atoms with Gasteiger partial charge in [0, 0.05) is 12.7 Å². The lowest BCUT2D eigenvalue weighted by Gasteiger charge is -2.08. The van der Waals surface area contributed by atoms with E-state index in [1.165, 1.54) is 0 Å². The number of pyridine rings is 1. The molecule has 4 nitrogen and oxygen atoms in total. The van der Waals surface area contributed by atoms with Gasteiger partial charge in [-0.1, -0.05) is 34.8 Å². The minimum Gasteiger partial charge on any atom is -0.373 e. The molecule has 0 bridgehead atoms. The molecule has 2 aromatic rings. The van der Waals surface area contributed by atoms with Crippen LogP contribution in [0.4, 0.5) is 11.5 Å². The minimum absolute atomic E-state index is 0.129. The predicted molar refractivity (Wildman–Crippen MR) is 83.2 cm³/mol. The van der Waals surface area contributed by atoms with Gasteiger partial charge in [0.25, 0.3) is 5.91 Å². The van der Waals surface area contributed by atoms with Crippen molar-refractivity contribution in [2.45, 2.75) is 0 Å². The van der Waals surface area contributed by atoms with Gasteiger partial charge in [-0.3, -0.25) is 4.79 Å². The minimum atomic E-state index is -0.425. The largest absolute Gasteiger partial charge is 0.373 e. The van der Waals surface area contributed by atoms with Crippen molar-refractivity contribution in [2.24, 2.45) is 0 Å². The second-order valence-corrected chi connectivity index (χ2v) is 5.08. The highest BCUT2D eigenvalue weighted by Crippen LogP contribution is 2.25. The van der Waals surface area contributed by atoms with E-state index < -0.39 is 5.91 Å². The number of benzene rings is 1. The highest BCUT2D eigenvalue weighted by atomic mass is 35.5. The molecule has 0 radical (unpaired) electrons. The van der Waals surface area contributed by atoms with Gasteiger partial charge in [-0.2, -0.15) is 0 Å². The number of halogens is 3. The molecule has 0 atom stereocenters. The van der Waals surface area contributed by atoms with Gasteiger partial charge in [0.05, 0.1) is 15.1 Å². The number of hydrogen-bond donors (Lipinski definition) is 2.